The molecular weight excluding hydrogens is 681 g/mol. The Balaban J connectivity index is 1.52. The Morgan fingerprint density at radius 1 is 1.13 bits per heavy atom. The number of nitro benzene ring substituents is 1. The average molecular weight is 717 g/mol. The molecule has 5 atom stereocenters. The number of aromatic nitrogens is 1. The summed E-state index contributed by atoms with van der Waals surface area (Å²) in [6, 6.07) is 18.8. The second-order valence-electron chi connectivity index (χ2n) is 12.2. The first-order valence-corrected chi connectivity index (χ1v) is 19.2. The van der Waals surface area contributed by atoms with E-state index in [1.807, 2.05) is 36.4 Å². The van der Waals surface area contributed by atoms with Gasteiger partial charge < -0.3 is 0 Å². The molecule has 14 heteroatoms. The van der Waals surface area contributed by atoms with Gasteiger partial charge in [-0.3, -0.25) is 0 Å². The van der Waals surface area contributed by atoms with E-state index in [-0.39, 0.29) is 41.4 Å². The summed E-state index contributed by atoms with van der Waals surface area (Å²) in [5.74, 6) is 0.156. The first-order valence-electron chi connectivity index (χ1n) is 15.0. The van der Waals surface area contributed by atoms with Gasteiger partial charge in [0, 0.05) is 0 Å². The Hall–Kier alpha value is -3.71. The number of amides is 1. The van der Waals surface area contributed by atoms with Crippen molar-refractivity contribution < 1.29 is 35.6 Å². The third-order valence-electron chi connectivity index (χ3n) is 9.48. The summed E-state index contributed by atoms with van der Waals surface area (Å²) in [6.45, 7) is -0.0478. The number of likely N-dealkylation sites (tertiary alicyclic amines) is 1. The molecule has 2 fully saturated rings. The molecule has 1 saturated heterocycles. The molecule has 12 nitrogen and oxygen atoms in total. The van der Waals surface area contributed by atoms with Gasteiger partial charge in [0.2, 0.25) is 0 Å². The Morgan fingerprint density at radius 2 is 1.87 bits per heavy atom. The van der Waals surface area contributed by atoms with Gasteiger partial charge in [0.05, 0.1) is 0 Å². The van der Waals surface area contributed by atoms with Gasteiger partial charge in [-0.15, -0.1) is 0 Å². The molecule has 2 aliphatic carbocycles. The second-order valence-corrected chi connectivity index (χ2v) is 17.7. The predicted octanol–water partition coefficient (Wildman–Crippen LogP) is 4.25. The summed E-state index contributed by atoms with van der Waals surface area (Å²) >= 11 is -3.46. The van der Waals surface area contributed by atoms with Crippen LogP contribution < -0.4 is 9.20 Å². The number of hydrogen-bond donors (Lipinski definition) is 0. The number of methoxy groups -OCH3 is 1. The van der Waals surface area contributed by atoms with Crippen LogP contribution in [0.5, 0.6) is 5.88 Å². The van der Waals surface area contributed by atoms with E-state index in [0.717, 1.165) is 35.9 Å². The normalized spacial score (nSPS) is 25.9. The molecule has 1 amide bonds. The van der Waals surface area contributed by atoms with Gasteiger partial charge in [0.1, 0.15) is 0 Å². The van der Waals surface area contributed by atoms with E-state index in [0.29, 0.717) is 18.8 Å². The number of nitrogens with zero attached hydrogens (tertiary/aromatic N) is 3. The number of fused-ring (bicyclic) bond motifs is 1. The SMILES string of the molecule is COc1ccc2c(n1)C[C@@H]1C[C@](COS(C)(=O)=O)([Se](=O)c3ccccc3[N+](=O)[O-])C[C@@]23[C@@H]1CCCN3C(=O)OCc1ccccc1. The fourth-order valence-electron chi connectivity index (χ4n) is 7.76. The van der Waals surface area contributed by atoms with Crippen molar-refractivity contribution in [3.05, 3.63) is 93.7 Å². The zero-order valence-electron chi connectivity index (χ0n) is 25.5. The van der Waals surface area contributed by atoms with Gasteiger partial charge in [-0.05, 0) is 0 Å². The van der Waals surface area contributed by atoms with E-state index in [4.69, 9.17) is 18.6 Å². The number of hydrogen-bond acceptors (Lipinski definition) is 10. The Morgan fingerprint density at radius 3 is 2.59 bits per heavy atom. The van der Waals surface area contributed by atoms with Crippen LogP contribution in [0.4, 0.5) is 10.5 Å². The number of carbonyl (C=O) groups excluding carboxylic acids is 1. The van der Waals surface area contributed by atoms with Gasteiger partial charge in [0.15, 0.2) is 0 Å². The van der Waals surface area contributed by atoms with E-state index in [2.05, 4.69) is 0 Å². The monoisotopic (exact) mass is 717 g/mol. The van der Waals surface area contributed by atoms with E-state index < -0.39 is 51.4 Å². The molecule has 1 unspecified atom stereocenters. The van der Waals surface area contributed by atoms with Gasteiger partial charge in [-0.25, -0.2) is 0 Å². The Bertz CT molecular complexity index is 1790. The van der Waals surface area contributed by atoms with Crippen molar-refractivity contribution in [3.8, 4) is 5.88 Å². The molecule has 1 aromatic heterocycles. The van der Waals surface area contributed by atoms with Crippen molar-refractivity contribution in [2.75, 3.05) is 26.5 Å². The van der Waals surface area contributed by atoms with Crippen molar-refractivity contribution in [1.29, 1.82) is 0 Å². The van der Waals surface area contributed by atoms with Crippen LogP contribution in [-0.4, -0.2) is 69.7 Å². The summed E-state index contributed by atoms with van der Waals surface area (Å²) in [5.41, 5.74) is 0.945. The van der Waals surface area contributed by atoms with Crippen LogP contribution in [0.3, 0.4) is 0 Å². The maximum atomic E-state index is 14.9. The second kappa shape index (κ2) is 12.5. The minimum absolute atomic E-state index is 0.0463. The van der Waals surface area contributed by atoms with E-state index >= 15 is 0 Å². The molecule has 1 aliphatic heterocycles. The molecule has 1 saturated carbocycles. The summed E-state index contributed by atoms with van der Waals surface area (Å²) in [5, 5.41) is 12.1. The number of ether oxygens (including phenoxy) is 2. The topological polar surface area (TPSA) is 155 Å². The minimum atomic E-state index is -3.98. The Kier molecular flexibility index (Phi) is 8.75. The maximum absolute atomic E-state index is 14.9. The molecular formula is C32H35N3O9SSe. The van der Waals surface area contributed by atoms with Crippen LogP contribution in [0, 0.1) is 22.0 Å². The van der Waals surface area contributed by atoms with E-state index in [9.17, 15) is 27.2 Å². The van der Waals surface area contributed by atoms with Gasteiger partial charge in [-0.2, -0.15) is 0 Å². The van der Waals surface area contributed by atoms with Crippen LogP contribution in [0.1, 0.15) is 42.5 Å². The van der Waals surface area contributed by atoms with Gasteiger partial charge in [-0.1, -0.05) is 0 Å². The fraction of sp³-hybridized carbons (Fsp3) is 0.438. The number of rotatable bonds is 9. The van der Waals surface area contributed by atoms with Crippen LogP contribution in [0.2, 0.25) is 4.31 Å². The number of para-hydroxylation sites is 1. The quantitative estimate of drug-likeness (QED) is 0.136. The van der Waals surface area contributed by atoms with E-state index in [1.165, 1.54) is 25.3 Å². The fourth-order valence-corrected chi connectivity index (χ4v) is 12.3. The van der Waals surface area contributed by atoms with E-state index in [1.54, 1.807) is 17.0 Å². The molecule has 6 rings (SSSR count). The summed E-state index contributed by atoms with van der Waals surface area (Å²) < 4.78 is 55.3. The van der Waals surface area contributed by atoms with Crippen molar-refractivity contribution in [3.63, 3.8) is 0 Å². The number of piperidine rings is 1. The molecule has 3 aromatic rings. The molecule has 2 heterocycles. The molecule has 3 aliphatic rings. The van der Waals surface area contributed by atoms with Crippen LogP contribution in [0.25, 0.3) is 0 Å². The number of benzene rings is 2. The molecule has 244 valence electrons. The van der Waals surface area contributed by atoms with Crippen molar-refractivity contribution in [2.45, 2.75) is 48.6 Å². The van der Waals surface area contributed by atoms with Crippen molar-refractivity contribution >= 4 is 40.2 Å². The molecule has 0 spiro atoms. The first kappa shape index (κ1) is 32.2. The summed E-state index contributed by atoms with van der Waals surface area (Å²) in [7, 11) is -2.46. The van der Waals surface area contributed by atoms with Crippen LogP contribution in [-0.2, 0) is 41.4 Å². The molecule has 0 radical (unpaired) electrons. The van der Waals surface area contributed by atoms with Crippen LogP contribution >= 0.6 is 0 Å². The zero-order valence-corrected chi connectivity index (χ0v) is 28.0. The third-order valence-corrected chi connectivity index (χ3v) is 14.1. The zero-order chi connectivity index (χ0) is 32.7. The summed E-state index contributed by atoms with van der Waals surface area (Å²) in [6.07, 6.45) is 2.67. The summed E-state index contributed by atoms with van der Waals surface area (Å²) in [4.78, 5) is 32.1. The van der Waals surface area contributed by atoms with Gasteiger partial charge >= 0.3 is 272 Å². The van der Waals surface area contributed by atoms with Gasteiger partial charge in [0.25, 0.3) is 0 Å². The Labute approximate surface area is 271 Å². The number of nitro groups is 1. The standard InChI is InChI=1S/C32H35N3O9SSe/c1-42-29-15-14-25-26(33-29)17-23-18-31(21-44-45(2,39)40,46(41)28-13-7-6-12-27(28)35(37)38)20-32(25)24(23)11-8-16-34(32)30(36)43-19-22-9-4-3-5-10-22/h3-7,9-10,12-15,23-24H,8,11,16-21H2,1-2H3/t23-,24-,31+,32-,46?/m1/s1. The third kappa shape index (κ3) is 5.83. The number of carbonyl (C=O) groups is 1. The van der Waals surface area contributed by atoms with Crippen molar-refractivity contribution in [1.82, 2.24) is 9.88 Å². The average Bonchev–Trinajstić information content (AvgIpc) is 3.05. The number of pyridine rings is 1. The first-order chi connectivity index (χ1) is 22.0. The van der Waals surface area contributed by atoms with Crippen LogP contribution in [0.15, 0.2) is 66.7 Å². The van der Waals surface area contributed by atoms with Crippen molar-refractivity contribution in [2.24, 2.45) is 11.8 Å². The predicted molar refractivity (Wildman–Crippen MR) is 168 cm³/mol. The molecule has 2 bridgehead atoms. The molecule has 46 heavy (non-hydrogen) atoms. The molecule has 2 aromatic carbocycles. The molecule has 0 N–H and O–H groups in total.